The Bertz CT molecular complexity index is 633. The molecule has 3 aliphatic rings. The Kier molecular flexibility index (Phi) is 4.77. The number of aromatic amines is 1. The van der Waals surface area contributed by atoms with Crippen molar-refractivity contribution in [1.82, 2.24) is 20.0 Å². The second-order valence-corrected chi connectivity index (χ2v) is 7.81. The van der Waals surface area contributed by atoms with Gasteiger partial charge in [-0.1, -0.05) is 25.7 Å². The van der Waals surface area contributed by atoms with E-state index in [2.05, 4.69) is 10.2 Å². The number of nitrogens with one attached hydrogen (secondary N) is 1. The van der Waals surface area contributed by atoms with E-state index in [1.165, 1.54) is 25.7 Å². The number of hydrogen-bond donors (Lipinski definition) is 1. The monoisotopic (exact) mass is 344 g/mol. The van der Waals surface area contributed by atoms with E-state index >= 15 is 0 Å². The van der Waals surface area contributed by atoms with Crippen LogP contribution in [0, 0.1) is 5.92 Å². The molecule has 136 valence electrons. The molecule has 1 aliphatic carbocycles. The molecular formula is C19H28N4O2. The van der Waals surface area contributed by atoms with Crippen LogP contribution in [0.15, 0.2) is 6.20 Å². The van der Waals surface area contributed by atoms with Gasteiger partial charge in [0, 0.05) is 49.8 Å². The van der Waals surface area contributed by atoms with E-state index in [1.54, 1.807) is 0 Å². The van der Waals surface area contributed by atoms with E-state index in [4.69, 9.17) is 0 Å². The molecule has 1 aromatic heterocycles. The molecule has 2 amide bonds. The van der Waals surface area contributed by atoms with Crippen LogP contribution in [0.1, 0.15) is 62.6 Å². The molecule has 1 unspecified atom stereocenters. The van der Waals surface area contributed by atoms with Gasteiger partial charge in [-0.3, -0.25) is 14.7 Å². The van der Waals surface area contributed by atoms with E-state index in [9.17, 15) is 9.59 Å². The van der Waals surface area contributed by atoms with Gasteiger partial charge < -0.3 is 9.80 Å². The van der Waals surface area contributed by atoms with Gasteiger partial charge in [-0.2, -0.15) is 5.10 Å². The van der Waals surface area contributed by atoms with E-state index in [-0.39, 0.29) is 17.7 Å². The third-order valence-corrected chi connectivity index (χ3v) is 6.17. The molecule has 0 bridgehead atoms. The third-order valence-electron chi connectivity index (χ3n) is 6.17. The molecule has 25 heavy (non-hydrogen) atoms. The number of piperidine rings is 1. The summed E-state index contributed by atoms with van der Waals surface area (Å²) in [5.41, 5.74) is 2.29. The summed E-state index contributed by atoms with van der Waals surface area (Å²) in [7, 11) is 0. The standard InChI is InChI=1S/C19H28N4O2/c24-18-8-7-14(13-23(18)16-5-3-1-2-4-6-16)19(25)22-10-9-17-15(12-22)11-20-21-17/h11,14,16H,1-10,12-13H2,(H,20,21). The maximum Gasteiger partial charge on any atom is 0.227 e. The number of H-pyrrole nitrogens is 1. The molecule has 2 fully saturated rings. The van der Waals surface area contributed by atoms with Crippen molar-refractivity contribution in [2.45, 2.75) is 70.4 Å². The lowest BCUT2D eigenvalue weighted by Crippen LogP contribution is -2.51. The van der Waals surface area contributed by atoms with E-state index in [1.807, 2.05) is 16.0 Å². The summed E-state index contributed by atoms with van der Waals surface area (Å²) < 4.78 is 0. The molecule has 6 nitrogen and oxygen atoms in total. The highest BCUT2D eigenvalue weighted by Gasteiger charge is 2.36. The maximum atomic E-state index is 13.0. The number of nitrogens with zero attached hydrogens (tertiary/aromatic N) is 3. The van der Waals surface area contributed by atoms with Crippen LogP contribution in [0.25, 0.3) is 0 Å². The number of hydrogen-bond acceptors (Lipinski definition) is 3. The normalized spacial score (nSPS) is 25.6. The number of carbonyl (C=O) groups excluding carboxylic acids is 2. The van der Waals surface area contributed by atoms with Crippen molar-refractivity contribution in [3.05, 3.63) is 17.5 Å². The van der Waals surface area contributed by atoms with Gasteiger partial charge in [0.25, 0.3) is 0 Å². The Morgan fingerprint density at radius 2 is 1.92 bits per heavy atom. The zero-order valence-corrected chi connectivity index (χ0v) is 14.9. The number of aromatic nitrogens is 2. The topological polar surface area (TPSA) is 69.3 Å². The van der Waals surface area contributed by atoms with Crippen LogP contribution in [0.5, 0.6) is 0 Å². The number of likely N-dealkylation sites (tertiary alicyclic amines) is 1. The molecule has 1 saturated heterocycles. The van der Waals surface area contributed by atoms with Crippen molar-refractivity contribution in [3.63, 3.8) is 0 Å². The second-order valence-electron chi connectivity index (χ2n) is 7.81. The zero-order chi connectivity index (χ0) is 17.2. The van der Waals surface area contributed by atoms with Crippen molar-refractivity contribution in [2.75, 3.05) is 13.1 Å². The summed E-state index contributed by atoms with van der Waals surface area (Å²) in [6.07, 6.45) is 11.1. The molecule has 1 atom stereocenters. The van der Waals surface area contributed by atoms with Crippen LogP contribution >= 0.6 is 0 Å². The van der Waals surface area contributed by atoms with Gasteiger partial charge in [-0.05, 0) is 19.3 Å². The Labute approximate surface area is 148 Å². The summed E-state index contributed by atoms with van der Waals surface area (Å²) in [4.78, 5) is 29.5. The Hall–Kier alpha value is -1.85. The van der Waals surface area contributed by atoms with Gasteiger partial charge in [0.1, 0.15) is 0 Å². The molecule has 0 radical (unpaired) electrons. The van der Waals surface area contributed by atoms with Crippen LogP contribution < -0.4 is 0 Å². The van der Waals surface area contributed by atoms with E-state index in [0.717, 1.165) is 37.1 Å². The number of fused-ring (bicyclic) bond motifs is 1. The minimum absolute atomic E-state index is 0.0330. The predicted molar refractivity (Wildman–Crippen MR) is 93.6 cm³/mol. The molecule has 1 N–H and O–H groups in total. The fourth-order valence-corrected chi connectivity index (χ4v) is 4.66. The lowest BCUT2D eigenvalue weighted by Gasteiger charge is -2.39. The van der Waals surface area contributed by atoms with Crippen molar-refractivity contribution < 1.29 is 9.59 Å². The number of amides is 2. The van der Waals surface area contributed by atoms with Gasteiger partial charge in [0.05, 0.1) is 12.1 Å². The van der Waals surface area contributed by atoms with Crippen molar-refractivity contribution >= 4 is 11.8 Å². The van der Waals surface area contributed by atoms with Crippen LogP contribution in [0.2, 0.25) is 0 Å². The number of carbonyl (C=O) groups is 2. The zero-order valence-electron chi connectivity index (χ0n) is 14.9. The first-order valence-corrected chi connectivity index (χ1v) is 9.82. The van der Waals surface area contributed by atoms with Gasteiger partial charge in [-0.15, -0.1) is 0 Å². The Balaban J connectivity index is 1.42. The first kappa shape index (κ1) is 16.6. The highest BCUT2D eigenvalue weighted by molar-refractivity contribution is 5.84. The fraction of sp³-hybridized carbons (Fsp3) is 0.737. The van der Waals surface area contributed by atoms with E-state index in [0.29, 0.717) is 32.0 Å². The SMILES string of the molecule is O=C(C1CCC(=O)N(C2CCCCCC2)C1)N1CCc2[nH]ncc2C1. The summed E-state index contributed by atoms with van der Waals surface area (Å²) >= 11 is 0. The van der Waals surface area contributed by atoms with Crippen LogP contribution in [-0.2, 0) is 22.6 Å². The summed E-state index contributed by atoms with van der Waals surface area (Å²) in [6.45, 7) is 2.03. The fourth-order valence-electron chi connectivity index (χ4n) is 4.66. The number of rotatable bonds is 2. The predicted octanol–water partition coefficient (Wildman–Crippen LogP) is 2.26. The first-order chi connectivity index (χ1) is 12.2. The maximum absolute atomic E-state index is 13.0. The molecule has 1 aromatic rings. The highest BCUT2D eigenvalue weighted by atomic mass is 16.2. The first-order valence-electron chi connectivity index (χ1n) is 9.82. The average molecular weight is 344 g/mol. The van der Waals surface area contributed by atoms with Gasteiger partial charge in [0.15, 0.2) is 0 Å². The average Bonchev–Trinajstić information content (AvgIpc) is 2.94. The van der Waals surface area contributed by atoms with Crippen LogP contribution in [0.3, 0.4) is 0 Å². The van der Waals surface area contributed by atoms with Crippen molar-refractivity contribution in [1.29, 1.82) is 0 Å². The van der Waals surface area contributed by atoms with E-state index < -0.39 is 0 Å². The molecule has 2 aliphatic heterocycles. The summed E-state index contributed by atoms with van der Waals surface area (Å²) in [6, 6.07) is 0.354. The lowest BCUT2D eigenvalue weighted by molar-refractivity contribution is -0.145. The van der Waals surface area contributed by atoms with Gasteiger partial charge in [0.2, 0.25) is 11.8 Å². The van der Waals surface area contributed by atoms with Crippen LogP contribution in [-0.4, -0.2) is 50.9 Å². The minimum atomic E-state index is -0.0330. The minimum Gasteiger partial charge on any atom is -0.339 e. The van der Waals surface area contributed by atoms with Crippen molar-refractivity contribution in [2.24, 2.45) is 5.92 Å². The molecule has 1 saturated carbocycles. The smallest absolute Gasteiger partial charge is 0.227 e. The third kappa shape index (κ3) is 3.44. The van der Waals surface area contributed by atoms with Gasteiger partial charge in [-0.25, -0.2) is 0 Å². The quantitative estimate of drug-likeness (QED) is 0.837. The molecule has 6 heteroatoms. The molecule has 0 spiro atoms. The Morgan fingerprint density at radius 1 is 1.12 bits per heavy atom. The van der Waals surface area contributed by atoms with Crippen molar-refractivity contribution in [3.8, 4) is 0 Å². The summed E-state index contributed by atoms with van der Waals surface area (Å²) in [5.74, 6) is 0.444. The largest absolute Gasteiger partial charge is 0.339 e. The molecule has 3 heterocycles. The highest BCUT2D eigenvalue weighted by Crippen LogP contribution is 2.29. The Morgan fingerprint density at radius 3 is 2.72 bits per heavy atom. The van der Waals surface area contributed by atoms with Crippen LogP contribution in [0.4, 0.5) is 0 Å². The van der Waals surface area contributed by atoms with Gasteiger partial charge >= 0.3 is 0 Å². The molecule has 0 aromatic carbocycles. The molecule has 4 rings (SSSR count). The lowest BCUT2D eigenvalue weighted by atomic mass is 9.92. The molecular weight excluding hydrogens is 316 g/mol. The second kappa shape index (κ2) is 7.18. The summed E-state index contributed by atoms with van der Waals surface area (Å²) in [5, 5.41) is 7.10.